The Bertz CT molecular complexity index is 525. The Balaban J connectivity index is 1.88. The molecule has 2 N–H and O–H groups in total. The third-order valence-corrected chi connectivity index (χ3v) is 2.73. The molecule has 5 nitrogen and oxygen atoms in total. The second-order valence-electron chi connectivity index (χ2n) is 4.15. The fourth-order valence-electron chi connectivity index (χ4n) is 1.51. The Labute approximate surface area is 106 Å². The zero-order valence-corrected chi connectivity index (χ0v) is 10.5. The van der Waals surface area contributed by atoms with E-state index in [2.05, 4.69) is 20.5 Å². The highest BCUT2D eigenvalue weighted by molar-refractivity contribution is 5.28. The Kier molecular flexibility index (Phi) is 3.72. The number of hydrogen-bond acceptors (Lipinski definition) is 5. The third-order valence-electron chi connectivity index (χ3n) is 2.73. The molecule has 2 rings (SSSR count). The number of hydrogen-bond donors (Lipinski definition) is 2. The molecule has 0 aliphatic rings. The predicted molar refractivity (Wildman–Crippen MR) is 69.6 cm³/mol. The van der Waals surface area contributed by atoms with Crippen molar-refractivity contribution in [3.8, 4) is 5.75 Å². The minimum absolute atomic E-state index is 0.286. The summed E-state index contributed by atoms with van der Waals surface area (Å²) in [5, 5.41) is 20.3. The maximum atomic E-state index is 9.17. The first-order chi connectivity index (χ1) is 8.65. The highest BCUT2D eigenvalue weighted by Gasteiger charge is 2.00. The number of rotatable bonds is 4. The van der Waals surface area contributed by atoms with Crippen molar-refractivity contribution in [2.45, 2.75) is 20.3 Å². The smallest absolute Gasteiger partial charge is 0.242 e. The topological polar surface area (TPSA) is 70.9 Å². The molecule has 0 bridgehead atoms. The fraction of sp³-hybridized carbons (Fsp3) is 0.308. The molecule has 1 aromatic carbocycles. The molecule has 2 aromatic rings. The van der Waals surface area contributed by atoms with Crippen molar-refractivity contribution in [3.63, 3.8) is 0 Å². The van der Waals surface area contributed by atoms with Crippen LogP contribution in [0.5, 0.6) is 5.75 Å². The highest BCUT2D eigenvalue weighted by Crippen LogP contribution is 2.10. The van der Waals surface area contributed by atoms with Crippen molar-refractivity contribution in [1.82, 2.24) is 15.2 Å². The molecule has 0 saturated carbocycles. The van der Waals surface area contributed by atoms with Crippen molar-refractivity contribution >= 4 is 5.95 Å². The Morgan fingerprint density at radius 3 is 2.44 bits per heavy atom. The van der Waals surface area contributed by atoms with Crippen LogP contribution in [-0.4, -0.2) is 26.8 Å². The Morgan fingerprint density at radius 1 is 1.06 bits per heavy atom. The molecular formula is C13H16N4O. The molecule has 18 heavy (non-hydrogen) atoms. The third kappa shape index (κ3) is 3.16. The van der Waals surface area contributed by atoms with Gasteiger partial charge in [0.2, 0.25) is 5.95 Å². The molecule has 0 amide bonds. The number of nitrogens with one attached hydrogen (secondary N) is 1. The molecule has 1 heterocycles. The zero-order chi connectivity index (χ0) is 13.0. The molecule has 0 aliphatic carbocycles. The molecule has 1 aromatic heterocycles. The van der Waals surface area contributed by atoms with Gasteiger partial charge in [-0.15, -0.1) is 5.10 Å². The lowest BCUT2D eigenvalue weighted by Crippen LogP contribution is -2.10. The first-order valence-electron chi connectivity index (χ1n) is 5.85. The lowest BCUT2D eigenvalue weighted by molar-refractivity contribution is 0.475. The normalized spacial score (nSPS) is 10.3. The van der Waals surface area contributed by atoms with Crippen LogP contribution in [0.3, 0.4) is 0 Å². The van der Waals surface area contributed by atoms with E-state index in [0.29, 0.717) is 5.95 Å². The number of phenols is 1. The van der Waals surface area contributed by atoms with Crippen LogP contribution in [0.4, 0.5) is 5.95 Å². The molecule has 94 valence electrons. The van der Waals surface area contributed by atoms with E-state index < -0.39 is 0 Å². The van der Waals surface area contributed by atoms with E-state index in [1.807, 2.05) is 26.0 Å². The second-order valence-corrected chi connectivity index (χ2v) is 4.15. The van der Waals surface area contributed by atoms with E-state index in [0.717, 1.165) is 29.9 Å². The zero-order valence-electron chi connectivity index (χ0n) is 10.5. The number of benzene rings is 1. The maximum Gasteiger partial charge on any atom is 0.242 e. The van der Waals surface area contributed by atoms with Gasteiger partial charge in [-0.05, 0) is 38.0 Å². The molecule has 0 fully saturated rings. The summed E-state index contributed by atoms with van der Waals surface area (Å²) < 4.78 is 0. The summed E-state index contributed by atoms with van der Waals surface area (Å²) >= 11 is 0. The molecule has 0 radical (unpaired) electrons. The van der Waals surface area contributed by atoms with Gasteiger partial charge in [0.15, 0.2) is 0 Å². The summed E-state index contributed by atoms with van der Waals surface area (Å²) in [6.45, 7) is 4.53. The first kappa shape index (κ1) is 12.3. The van der Waals surface area contributed by atoms with Crippen LogP contribution in [0.2, 0.25) is 0 Å². The van der Waals surface area contributed by atoms with E-state index in [1.54, 1.807) is 12.1 Å². The van der Waals surface area contributed by atoms with Gasteiger partial charge in [0.25, 0.3) is 0 Å². The molecule has 5 heteroatoms. The monoisotopic (exact) mass is 244 g/mol. The lowest BCUT2D eigenvalue weighted by atomic mass is 10.1. The average molecular weight is 244 g/mol. The van der Waals surface area contributed by atoms with Gasteiger partial charge in [-0.3, -0.25) is 0 Å². The van der Waals surface area contributed by atoms with Crippen LogP contribution >= 0.6 is 0 Å². The van der Waals surface area contributed by atoms with Crippen molar-refractivity contribution in [1.29, 1.82) is 0 Å². The summed E-state index contributed by atoms with van der Waals surface area (Å²) in [5.41, 5.74) is 2.88. The Hall–Kier alpha value is -2.17. The van der Waals surface area contributed by atoms with Crippen molar-refractivity contribution in [2.24, 2.45) is 0 Å². The lowest BCUT2D eigenvalue weighted by Gasteiger charge is -2.05. The van der Waals surface area contributed by atoms with E-state index >= 15 is 0 Å². The van der Waals surface area contributed by atoms with Gasteiger partial charge >= 0.3 is 0 Å². The largest absolute Gasteiger partial charge is 0.508 e. The van der Waals surface area contributed by atoms with E-state index in [4.69, 9.17) is 0 Å². The van der Waals surface area contributed by atoms with Crippen molar-refractivity contribution in [2.75, 3.05) is 11.9 Å². The SMILES string of the molecule is Cc1nnc(NCCc2ccc(O)cc2)nc1C. The van der Waals surface area contributed by atoms with Gasteiger partial charge in [0, 0.05) is 6.54 Å². The highest BCUT2D eigenvalue weighted by atomic mass is 16.3. The summed E-state index contributed by atoms with van der Waals surface area (Å²) in [6.07, 6.45) is 0.844. The minimum Gasteiger partial charge on any atom is -0.508 e. The number of aryl methyl sites for hydroxylation is 2. The Morgan fingerprint density at radius 2 is 1.78 bits per heavy atom. The van der Waals surface area contributed by atoms with E-state index in [-0.39, 0.29) is 5.75 Å². The second kappa shape index (κ2) is 5.44. The van der Waals surface area contributed by atoms with Gasteiger partial charge in [0.1, 0.15) is 5.75 Å². The van der Waals surface area contributed by atoms with Gasteiger partial charge < -0.3 is 10.4 Å². The summed E-state index contributed by atoms with van der Waals surface area (Å²) in [4.78, 5) is 4.29. The molecule has 0 atom stereocenters. The minimum atomic E-state index is 0.286. The standard InChI is InChI=1S/C13H16N4O/c1-9-10(2)16-17-13(15-9)14-8-7-11-3-5-12(18)6-4-11/h3-6,18H,7-8H2,1-2H3,(H,14,15,17). The molecule has 0 spiro atoms. The van der Waals surface area contributed by atoms with Gasteiger partial charge in [-0.25, -0.2) is 4.98 Å². The number of anilines is 1. The average Bonchev–Trinajstić information content (AvgIpc) is 2.36. The molecular weight excluding hydrogens is 228 g/mol. The van der Waals surface area contributed by atoms with Crippen LogP contribution < -0.4 is 5.32 Å². The molecule has 0 aliphatic heterocycles. The van der Waals surface area contributed by atoms with Crippen molar-refractivity contribution < 1.29 is 5.11 Å². The van der Waals surface area contributed by atoms with Crippen LogP contribution in [-0.2, 0) is 6.42 Å². The summed E-state index contributed by atoms with van der Waals surface area (Å²) in [5.74, 6) is 0.838. The van der Waals surface area contributed by atoms with Crippen LogP contribution in [0.15, 0.2) is 24.3 Å². The fourth-order valence-corrected chi connectivity index (χ4v) is 1.51. The van der Waals surface area contributed by atoms with Gasteiger partial charge in [0.05, 0.1) is 11.4 Å². The number of nitrogens with zero attached hydrogens (tertiary/aromatic N) is 3. The number of phenolic OH excluding ortho intramolecular Hbond substituents is 1. The van der Waals surface area contributed by atoms with Crippen LogP contribution in [0.1, 0.15) is 17.0 Å². The van der Waals surface area contributed by atoms with Gasteiger partial charge in [-0.2, -0.15) is 5.10 Å². The first-order valence-corrected chi connectivity index (χ1v) is 5.85. The van der Waals surface area contributed by atoms with Crippen molar-refractivity contribution in [3.05, 3.63) is 41.2 Å². The van der Waals surface area contributed by atoms with Gasteiger partial charge in [-0.1, -0.05) is 12.1 Å². The number of aromatic nitrogens is 3. The summed E-state index contributed by atoms with van der Waals surface area (Å²) in [6, 6.07) is 7.17. The quantitative estimate of drug-likeness (QED) is 0.858. The molecule has 0 saturated heterocycles. The van der Waals surface area contributed by atoms with E-state index in [1.165, 1.54) is 0 Å². The van der Waals surface area contributed by atoms with Crippen LogP contribution in [0.25, 0.3) is 0 Å². The molecule has 0 unspecified atom stereocenters. The number of aromatic hydroxyl groups is 1. The van der Waals surface area contributed by atoms with Crippen LogP contribution in [0, 0.1) is 13.8 Å². The predicted octanol–water partition coefficient (Wildman–Crippen LogP) is 1.85. The summed E-state index contributed by atoms with van der Waals surface area (Å²) in [7, 11) is 0. The maximum absolute atomic E-state index is 9.17. The van der Waals surface area contributed by atoms with E-state index in [9.17, 15) is 5.11 Å².